The Balaban J connectivity index is 1.43. The standard InChI is InChI=1S/C29H46N4O2/c1-4-10-22-11-6-7-12-23(22)15-9-19-30-27(34)20-32-26(24-13-8-14-24)21-33(3)29(35)28(25-16-17-25)31-18-5-2/h6-7,11-12,25,28,31-32H,4-5,8-10,13-21H2,1-3H3,(H,30,34). The molecule has 2 aliphatic rings. The zero-order valence-corrected chi connectivity index (χ0v) is 22.1. The highest BCUT2D eigenvalue weighted by Gasteiger charge is 2.37. The number of hydrogen-bond donors (Lipinski definition) is 3. The van der Waals surface area contributed by atoms with Gasteiger partial charge in [0.2, 0.25) is 11.8 Å². The molecule has 35 heavy (non-hydrogen) atoms. The zero-order chi connectivity index (χ0) is 25.0. The van der Waals surface area contributed by atoms with Crippen LogP contribution >= 0.6 is 0 Å². The number of aryl methyl sites for hydroxylation is 2. The van der Waals surface area contributed by atoms with Crippen LogP contribution in [0.15, 0.2) is 35.5 Å². The quantitative estimate of drug-likeness (QED) is 0.312. The van der Waals surface area contributed by atoms with Gasteiger partial charge in [-0.15, -0.1) is 0 Å². The monoisotopic (exact) mass is 482 g/mol. The lowest BCUT2D eigenvalue weighted by molar-refractivity contribution is -0.132. The van der Waals surface area contributed by atoms with E-state index < -0.39 is 0 Å². The zero-order valence-electron chi connectivity index (χ0n) is 22.1. The molecule has 6 heteroatoms. The molecule has 2 saturated carbocycles. The van der Waals surface area contributed by atoms with Gasteiger partial charge in [-0.1, -0.05) is 44.5 Å². The third kappa shape index (κ3) is 8.68. The lowest BCUT2D eigenvalue weighted by Gasteiger charge is -2.29. The fourth-order valence-electron chi connectivity index (χ4n) is 4.76. The first-order chi connectivity index (χ1) is 17.0. The number of rotatable bonds is 16. The Morgan fingerprint density at radius 3 is 2.31 bits per heavy atom. The summed E-state index contributed by atoms with van der Waals surface area (Å²) in [5.41, 5.74) is 5.23. The van der Waals surface area contributed by atoms with Crippen molar-refractivity contribution in [3.63, 3.8) is 0 Å². The molecule has 0 aromatic heterocycles. The first kappa shape index (κ1) is 27.3. The fourth-order valence-corrected chi connectivity index (χ4v) is 4.76. The first-order valence-corrected chi connectivity index (χ1v) is 13.8. The minimum Gasteiger partial charge on any atom is -0.378 e. The summed E-state index contributed by atoms with van der Waals surface area (Å²) in [7, 11) is 1.89. The Morgan fingerprint density at radius 1 is 1.00 bits per heavy atom. The van der Waals surface area contributed by atoms with E-state index in [1.54, 1.807) is 0 Å². The molecule has 3 rings (SSSR count). The second-order valence-electron chi connectivity index (χ2n) is 10.2. The van der Waals surface area contributed by atoms with Crippen molar-refractivity contribution in [2.45, 2.75) is 84.1 Å². The molecule has 2 fully saturated rings. The van der Waals surface area contributed by atoms with Crippen molar-refractivity contribution in [3.8, 4) is 0 Å². The second kappa shape index (κ2) is 14.3. The molecule has 194 valence electrons. The van der Waals surface area contributed by atoms with Crippen LogP contribution < -0.4 is 16.0 Å². The van der Waals surface area contributed by atoms with E-state index in [2.05, 4.69) is 54.1 Å². The van der Waals surface area contributed by atoms with Crippen molar-refractivity contribution < 1.29 is 9.59 Å². The molecule has 0 saturated heterocycles. The van der Waals surface area contributed by atoms with Crippen LogP contribution in [-0.4, -0.2) is 56.0 Å². The Bertz CT molecular complexity index is 856. The van der Waals surface area contributed by atoms with Gasteiger partial charge in [0.05, 0.1) is 19.1 Å². The third-order valence-electron chi connectivity index (χ3n) is 7.17. The maximum absolute atomic E-state index is 13.1. The number of hydrogen-bond acceptors (Lipinski definition) is 4. The summed E-state index contributed by atoms with van der Waals surface area (Å²) >= 11 is 0. The van der Waals surface area contributed by atoms with Crippen LogP contribution in [0.3, 0.4) is 0 Å². The molecule has 1 unspecified atom stereocenters. The van der Waals surface area contributed by atoms with Gasteiger partial charge in [0.25, 0.3) is 0 Å². The molecule has 1 aromatic carbocycles. The van der Waals surface area contributed by atoms with Crippen molar-refractivity contribution in [2.24, 2.45) is 5.92 Å². The number of nitrogens with one attached hydrogen (secondary N) is 3. The molecular formula is C29H46N4O2. The number of amides is 2. The summed E-state index contributed by atoms with van der Waals surface area (Å²) < 4.78 is 0. The molecule has 6 nitrogen and oxygen atoms in total. The predicted octanol–water partition coefficient (Wildman–Crippen LogP) is 3.95. The normalized spacial score (nSPS) is 15.8. The van der Waals surface area contributed by atoms with Gasteiger partial charge >= 0.3 is 0 Å². The van der Waals surface area contributed by atoms with Gasteiger partial charge < -0.3 is 20.9 Å². The first-order valence-electron chi connectivity index (χ1n) is 13.8. The van der Waals surface area contributed by atoms with Crippen LogP contribution in [0.1, 0.15) is 76.3 Å². The Morgan fingerprint density at radius 2 is 1.71 bits per heavy atom. The van der Waals surface area contributed by atoms with E-state index in [1.807, 2.05) is 11.9 Å². The molecule has 0 spiro atoms. The molecule has 0 bridgehead atoms. The molecule has 1 atom stereocenters. The average Bonchev–Trinajstić information content (AvgIpc) is 3.65. The number of carbonyl (C=O) groups excluding carboxylic acids is 2. The van der Waals surface area contributed by atoms with Crippen molar-refractivity contribution in [1.29, 1.82) is 0 Å². The van der Waals surface area contributed by atoms with Crippen molar-refractivity contribution in [3.05, 3.63) is 46.7 Å². The minimum atomic E-state index is -0.0710. The molecule has 0 aliphatic heterocycles. The Kier molecular flexibility index (Phi) is 11.1. The molecule has 2 amide bonds. The molecule has 3 N–H and O–H groups in total. The average molecular weight is 483 g/mol. The number of likely N-dealkylation sites (N-methyl/N-ethyl adjacent to an activating group) is 1. The van der Waals surface area contributed by atoms with E-state index in [0.717, 1.165) is 70.0 Å². The highest BCUT2D eigenvalue weighted by atomic mass is 16.2. The Labute approximate surface area is 212 Å². The number of carbonyl (C=O) groups is 2. The molecule has 1 aromatic rings. The molecule has 0 radical (unpaired) electrons. The van der Waals surface area contributed by atoms with Crippen molar-refractivity contribution in [2.75, 3.05) is 33.2 Å². The summed E-state index contributed by atoms with van der Waals surface area (Å²) in [6.45, 7) is 6.69. The highest BCUT2D eigenvalue weighted by molar-refractivity contribution is 5.82. The number of benzene rings is 1. The summed E-state index contributed by atoms with van der Waals surface area (Å²) in [4.78, 5) is 27.5. The summed E-state index contributed by atoms with van der Waals surface area (Å²) in [6.07, 6.45) is 10.8. The van der Waals surface area contributed by atoms with Crippen molar-refractivity contribution in [1.82, 2.24) is 20.9 Å². The van der Waals surface area contributed by atoms with Crippen LogP contribution in [0.25, 0.3) is 0 Å². The van der Waals surface area contributed by atoms with Crippen molar-refractivity contribution >= 4 is 11.8 Å². The predicted molar refractivity (Wildman–Crippen MR) is 143 cm³/mol. The van der Waals surface area contributed by atoms with Gasteiger partial charge in [-0.05, 0) is 87.0 Å². The third-order valence-corrected chi connectivity index (χ3v) is 7.17. The van der Waals surface area contributed by atoms with E-state index in [1.165, 1.54) is 23.1 Å². The SMILES string of the molecule is CCCNC(C(=O)N(C)CC(NCC(=O)NCCCc1ccccc1CCC)=C1CCC1)C1CC1. The largest absolute Gasteiger partial charge is 0.378 e. The lowest BCUT2D eigenvalue weighted by Crippen LogP contribution is -2.48. The lowest BCUT2D eigenvalue weighted by atomic mass is 9.90. The summed E-state index contributed by atoms with van der Waals surface area (Å²) in [5.74, 6) is 0.663. The fraction of sp³-hybridized carbons (Fsp3) is 0.655. The van der Waals surface area contributed by atoms with Gasteiger partial charge in [0.15, 0.2) is 0 Å². The van der Waals surface area contributed by atoms with Crippen LogP contribution in [0.5, 0.6) is 0 Å². The summed E-state index contributed by atoms with van der Waals surface area (Å²) in [5, 5.41) is 9.88. The van der Waals surface area contributed by atoms with Crippen LogP contribution in [-0.2, 0) is 22.4 Å². The number of nitrogens with zero attached hydrogens (tertiary/aromatic N) is 1. The maximum Gasteiger partial charge on any atom is 0.240 e. The van der Waals surface area contributed by atoms with Gasteiger partial charge in [0.1, 0.15) is 0 Å². The highest BCUT2D eigenvalue weighted by Crippen LogP contribution is 2.34. The maximum atomic E-state index is 13.1. The summed E-state index contributed by atoms with van der Waals surface area (Å²) in [6, 6.07) is 8.55. The van der Waals surface area contributed by atoms with Crippen LogP contribution in [0, 0.1) is 5.92 Å². The van der Waals surface area contributed by atoms with E-state index in [0.29, 0.717) is 19.0 Å². The van der Waals surface area contributed by atoms with Gasteiger partial charge in [-0.2, -0.15) is 0 Å². The molecule has 2 aliphatic carbocycles. The topological polar surface area (TPSA) is 73.5 Å². The van der Waals surface area contributed by atoms with E-state index in [4.69, 9.17) is 0 Å². The van der Waals surface area contributed by atoms with E-state index in [9.17, 15) is 9.59 Å². The minimum absolute atomic E-state index is 0.0127. The van der Waals surface area contributed by atoms with Gasteiger partial charge in [0, 0.05) is 19.3 Å². The van der Waals surface area contributed by atoms with E-state index >= 15 is 0 Å². The molecular weight excluding hydrogens is 436 g/mol. The Hall–Kier alpha value is -2.34. The van der Waals surface area contributed by atoms with Crippen LogP contribution in [0.2, 0.25) is 0 Å². The van der Waals surface area contributed by atoms with Gasteiger partial charge in [-0.3, -0.25) is 9.59 Å². The smallest absolute Gasteiger partial charge is 0.240 e. The van der Waals surface area contributed by atoms with Crippen LogP contribution in [0.4, 0.5) is 0 Å². The second-order valence-corrected chi connectivity index (χ2v) is 10.2. The van der Waals surface area contributed by atoms with E-state index in [-0.39, 0.29) is 24.4 Å². The molecule has 0 heterocycles. The van der Waals surface area contributed by atoms with Gasteiger partial charge in [-0.25, -0.2) is 0 Å². The number of allylic oxidation sites excluding steroid dienone is 1.